The van der Waals surface area contributed by atoms with Crippen LogP contribution in [0.25, 0.3) is 22.2 Å². The van der Waals surface area contributed by atoms with E-state index < -0.39 is 0 Å². The fraction of sp³-hybridized carbons (Fsp3) is 0.222. The largest absolute Gasteiger partial charge is 0.489 e. The summed E-state index contributed by atoms with van der Waals surface area (Å²) in [6, 6.07) is 20.4. The van der Waals surface area contributed by atoms with E-state index in [0.717, 1.165) is 39.0 Å². The molecule has 0 N–H and O–H groups in total. The first kappa shape index (κ1) is 21.2. The summed E-state index contributed by atoms with van der Waals surface area (Å²) in [5.74, 6) is 0.778. The van der Waals surface area contributed by atoms with Crippen LogP contribution < -0.4 is 4.74 Å². The molecule has 4 aromatic rings. The minimum atomic E-state index is 0.108. The molecular weight excluding hydrogens is 396 g/mol. The maximum atomic E-state index is 9.85. The predicted molar refractivity (Wildman–Crippen MR) is 125 cm³/mol. The van der Waals surface area contributed by atoms with Crippen LogP contribution in [0.4, 0.5) is 0 Å². The normalized spacial score (nSPS) is 10.8. The number of nitriles is 2. The fourth-order valence-electron chi connectivity index (χ4n) is 4.12. The van der Waals surface area contributed by atoms with Gasteiger partial charge in [-0.15, -0.1) is 0 Å². The molecule has 4 rings (SSSR count). The highest BCUT2D eigenvalue weighted by atomic mass is 16.5. The van der Waals surface area contributed by atoms with Gasteiger partial charge >= 0.3 is 0 Å². The monoisotopic (exact) mass is 420 g/mol. The Bertz CT molecular complexity index is 1390. The standard InChI is InChI=1S/C27H24N4O/c1-17(2)31-15-21(13-28)26-23(12-22(14-29)30-27(26)31)25-18(3)10-11-24(19(25)4)32-16-20-8-6-5-7-9-20/h5-12,15,17H,16H2,1-4H3. The van der Waals surface area contributed by atoms with Gasteiger partial charge in [0.25, 0.3) is 0 Å². The van der Waals surface area contributed by atoms with Gasteiger partial charge in [-0.1, -0.05) is 36.4 Å². The number of benzene rings is 2. The fourth-order valence-corrected chi connectivity index (χ4v) is 4.12. The second-order valence-electron chi connectivity index (χ2n) is 8.18. The van der Waals surface area contributed by atoms with E-state index in [4.69, 9.17) is 4.74 Å². The molecule has 0 bridgehead atoms. The second-order valence-corrected chi connectivity index (χ2v) is 8.18. The summed E-state index contributed by atoms with van der Waals surface area (Å²) in [5, 5.41) is 20.3. The predicted octanol–water partition coefficient (Wildman–Crippen LogP) is 6.22. The molecule has 0 aliphatic heterocycles. The van der Waals surface area contributed by atoms with Gasteiger partial charge in [-0.3, -0.25) is 0 Å². The van der Waals surface area contributed by atoms with E-state index in [9.17, 15) is 10.5 Å². The average Bonchev–Trinajstić information content (AvgIpc) is 3.18. The lowest BCUT2D eigenvalue weighted by molar-refractivity contribution is 0.304. The van der Waals surface area contributed by atoms with Crippen molar-refractivity contribution in [1.82, 2.24) is 9.55 Å². The van der Waals surface area contributed by atoms with E-state index in [2.05, 4.69) is 17.1 Å². The topological polar surface area (TPSA) is 74.6 Å². The van der Waals surface area contributed by atoms with Crippen LogP contribution in [0.5, 0.6) is 5.75 Å². The van der Waals surface area contributed by atoms with E-state index in [-0.39, 0.29) is 6.04 Å². The van der Waals surface area contributed by atoms with Crippen molar-refractivity contribution in [2.45, 2.75) is 40.3 Å². The van der Waals surface area contributed by atoms with Crippen LogP contribution >= 0.6 is 0 Å². The summed E-state index contributed by atoms with van der Waals surface area (Å²) in [7, 11) is 0. The van der Waals surface area contributed by atoms with Crippen molar-refractivity contribution < 1.29 is 4.74 Å². The summed E-state index contributed by atoms with van der Waals surface area (Å²) in [4.78, 5) is 4.55. The summed E-state index contributed by atoms with van der Waals surface area (Å²) in [5.41, 5.74) is 6.44. The number of hydrogen-bond acceptors (Lipinski definition) is 4. The van der Waals surface area contributed by atoms with Gasteiger partial charge in [0.2, 0.25) is 0 Å². The van der Waals surface area contributed by atoms with Gasteiger partial charge in [0.1, 0.15) is 35.8 Å². The van der Waals surface area contributed by atoms with Crippen LogP contribution in [-0.2, 0) is 6.61 Å². The molecular formula is C27H24N4O. The van der Waals surface area contributed by atoms with Gasteiger partial charge in [0, 0.05) is 17.6 Å². The maximum absolute atomic E-state index is 9.85. The minimum absolute atomic E-state index is 0.108. The summed E-state index contributed by atoms with van der Waals surface area (Å²) in [6.07, 6.45) is 1.83. The molecule has 0 saturated carbocycles. The molecule has 0 unspecified atom stereocenters. The molecule has 158 valence electrons. The van der Waals surface area contributed by atoms with E-state index in [1.54, 1.807) is 6.07 Å². The zero-order valence-corrected chi connectivity index (χ0v) is 18.7. The molecule has 2 aromatic heterocycles. The number of aryl methyl sites for hydroxylation is 1. The summed E-state index contributed by atoms with van der Waals surface area (Å²) >= 11 is 0. The minimum Gasteiger partial charge on any atom is -0.489 e. The van der Waals surface area contributed by atoms with E-state index in [1.807, 2.05) is 80.9 Å². The summed E-state index contributed by atoms with van der Waals surface area (Å²) in [6.45, 7) is 8.59. The molecule has 32 heavy (non-hydrogen) atoms. The molecule has 0 atom stereocenters. The first-order valence-electron chi connectivity index (χ1n) is 10.6. The van der Waals surface area contributed by atoms with Crippen LogP contribution in [-0.4, -0.2) is 9.55 Å². The zero-order chi connectivity index (χ0) is 22.8. The van der Waals surface area contributed by atoms with Gasteiger partial charge in [-0.05, 0) is 67.6 Å². The van der Waals surface area contributed by atoms with Crippen LogP contribution in [0.3, 0.4) is 0 Å². The Hall–Kier alpha value is -4.09. The lowest BCUT2D eigenvalue weighted by atomic mass is 9.92. The number of pyridine rings is 1. The Morgan fingerprint density at radius 1 is 1.03 bits per heavy atom. The molecule has 0 fully saturated rings. The van der Waals surface area contributed by atoms with E-state index in [0.29, 0.717) is 23.5 Å². The molecule has 0 aliphatic carbocycles. The van der Waals surface area contributed by atoms with Crippen molar-refractivity contribution in [2.75, 3.05) is 0 Å². The average molecular weight is 421 g/mol. The van der Waals surface area contributed by atoms with Gasteiger partial charge in [0.05, 0.1) is 5.56 Å². The van der Waals surface area contributed by atoms with E-state index >= 15 is 0 Å². The molecule has 0 spiro atoms. The smallest absolute Gasteiger partial charge is 0.143 e. The highest BCUT2D eigenvalue weighted by molar-refractivity contribution is 6.00. The zero-order valence-electron chi connectivity index (χ0n) is 18.7. The van der Waals surface area contributed by atoms with E-state index in [1.165, 1.54) is 0 Å². The number of ether oxygens (including phenoxy) is 1. The van der Waals surface area contributed by atoms with Crippen LogP contribution in [0.1, 0.15) is 47.8 Å². The summed E-state index contributed by atoms with van der Waals surface area (Å²) < 4.78 is 8.11. The third kappa shape index (κ3) is 3.70. The number of hydrogen-bond donors (Lipinski definition) is 0. The van der Waals surface area contributed by atoms with Gasteiger partial charge in [-0.25, -0.2) is 4.98 Å². The highest BCUT2D eigenvalue weighted by Gasteiger charge is 2.21. The van der Waals surface area contributed by atoms with Crippen molar-refractivity contribution >= 4 is 11.0 Å². The molecule has 2 aromatic carbocycles. The van der Waals surface area contributed by atoms with Crippen LogP contribution in [0.2, 0.25) is 0 Å². The molecule has 0 radical (unpaired) electrons. The van der Waals surface area contributed by atoms with Gasteiger partial charge < -0.3 is 9.30 Å². The van der Waals surface area contributed by atoms with Crippen molar-refractivity contribution in [2.24, 2.45) is 0 Å². The molecule has 0 saturated heterocycles. The highest BCUT2D eigenvalue weighted by Crippen LogP contribution is 2.39. The Balaban J connectivity index is 1.92. The van der Waals surface area contributed by atoms with Crippen molar-refractivity contribution in [1.29, 1.82) is 10.5 Å². The quantitative estimate of drug-likeness (QED) is 0.384. The van der Waals surface area contributed by atoms with Gasteiger partial charge in [-0.2, -0.15) is 10.5 Å². The number of fused-ring (bicyclic) bond motifs is 1. The first-order chi connectivity index (χ1) is 15.4. The molecule has 5 heteroatoms. The third-order valence-corrected chi connectivity index (χ3v) is 5.70. The van der Waals surface area contributed by atoms with Crippen molar-refractivity contribution in [3.05, 3.63) is 82.7 Å². The molecule has 5 nitrogen and oxygen atoms in total. The SMILES string of the molecule is Cc1ccc(OCc2ccccc2)c(C)c1-c1cc(C#N)nc2c1c(C#N)cn2C(C)C. The van der Waals surface area contributed by atoms with Crippen molar-refractivity contribution in [3.63, 3.8) is 0 Å². The Kier molecular flexibility index (Phi) is 5.67. The lowest BCUT2D eigenvalue weighted by Crippen LogP contribution is -2.02. The lowest BCUT2D eigenvalue weighted by Gasteiger charge is -2.17. The van der Waals surface area contributed by atoms with Crippen LogP contribution in [0, 0.1) is 36.5 Å². The second kappa shape index (κ2) is 8.57. The molecule has 0 amide bonds. The maximum Gasteiger partial charge on any atom is 0.143 e. The molecule has 2 heterocycles. The Labute approximate surface area is 188 Å². The third-order valence-electron chi connectivity index (χ3n) is 5.70. The first-order valence-corrected chi connectivity index (χ1v) is 10.6. The van der Waals surface area contributed by atoms with Crippen LogP contribution in [0.15, 0.2) is 54.7 Å². The van der Waals surface area contributed by atoms with Gasteiger partial charge in [0.15, 0.2) is 0 Å². The number of rotatable bonds is 5. The molecule has 0 aliphatic rings. The number of nitrogens with zero attached hydrogens (tertiary/aromatic N) is 4. The number of aromatic nitrogens is 2. The Morgan fingerprint density at radius 3 is 2.44 bits per heavy atom. The Morgan fingerprint density at radius 2 is 1.78 bits per heavy atom. The van der Waals surface area contributed by atoms with Crippen molar-refractivity contribution in [3.8, 4) is 29.0 Å².